The minimum absolute atomic E-state index is 0.246. The van der Waals surface area contributed by atoms with Crippen LogP contribution in [0.2, 0.25) is 10.0 Å². The van der Waals surface area contributed by atoms with Crippen molar-refractivity contribution in [1.29, 1.82) is 0 Å². The van der Waals surface area contributed by atoms with E-state index in [4.69, 9.17) is 43.1 Å². The van der Waals surface area contributed by atoms with Gasteiger partial charge < -0.3 is 24.7 Å². The highest BCUT2D eigenvalue weighted by atomic mass is 35.5. The summed E-state index contributed by atoms with van der Waals surface area (Å²) in [6.45, 7) is 0.748. The Kier molecular flexibility index (Phi) is 7.28. The molecule has 1 unspecified atom stereocenters. The van der Waals surface area contributed by atoms with Crippen molar-refractivity contribution >= 4 is 29.2 Å². The number of halogens is 2. The SMILES string of the molecule is COC(=O)[C@@H](N)Cc1ccc2c(c1)OCC(c1ccc(OCc3ccc(Cl)c(Cl)c3)cc1)O2. The van der Waals surface area contributed by atoms with E-state index < -0.39 is 12.0 Å². The molecule has 33 heavy (non-hydrogen) atoms. The lowest BCUT2D eigenvalue weighted by Gasteiger charge is -2.27. The van der Waals surface area contributed by atoms with Gasteiger partial charge in [0.1, 0.15) is 25.0 Å². The molecule has 3 aromatic rings. The van der Waals surface area contributed by atoms with Crippen LogP contribution in [0.15, 0.2) is 60.7 Å². The van der Waals surface area contributed by atoms with Gasteiger partial charge in [-0.25, -0.2) is 0 Å². The van der Waals surface area contributed by atoms with Gasteiger partial charge in [-0.1, -0.05) is 47.5 Å². The first-order valence-corrected chi connectivity index (χ1v) is 11.1. The van der Waals surface area contributed by atoms with Gasteiger partial charge in [0.15, 0.2) is 17.6 Å². The molecular formula is C25H23Cl2NO5. The standard InChI is InChI=1S/C25H23Cl2NO5/c1-30-25(29)21(28)11-15-3-9-22-23(12-15)32-14-24(33-22)17-4-6-18(7-5-17)31-13-16-2-8-19(26)20(27)10-16/h2-10,12,21,24H,11,13-14,28H2,1H3/t21-,24?/m0/s1. The third kappa shape index (κ3) is 5.71. The summed E-state index contributed by atoms with van der Waals surface area (Å²) in [6.07, 6.45) is 0.112. The number of fused-ring (bicyclic) bond motifs is 1. The number of hydrogen-bond donors (Lipinski definition) is 1. The molecule has 6 nitrogen and oxygen atoms in total. The smallest absolute Gasteiger partial charge is 0.322 e. The van der Waals surface area contributed by atoms with Gasteiger partial charge in [0.05, 0.1) is 17.2 Å². The molecule has 2 N–H and O–H groups in total. The summed E-state index contributed by atoms with van der Waals surface area (Å²) in [5.41, 5.74) is 8.62. The Bertz CT molecular complexity index is 1140. The van der Waals surface area contributed by atoms with Gasteiger partial charge in [0, 0.05) is 0 Å². The van der Waals surface area contributed by atoms with Gasteiger partial charge in [0.25, 0.3) is 0 Å². The Morgan fingerprint density at radius 3 is 2.52 bits per heavy atom. The second kappa shape index (κ2) is 10.3. The zero-order chi connectivity index (χ0) is 23.4. The molecule has 0 spiro atoms. The van der Waals surface area contributed by atoms with Gasteiger partial charge in [-0.15, -0.1) is 0 Å². The molecule has 0 aromatic heterocycles. The molecule has 1 aliphatic rings. The van der Waals surface area contributed by atoms with Gasteiger partial charge >= 0.3 is 5.97 Å². The van der Waals surface area contributed by atoms with Crippen LogP contribution in [0, 0.1) is 0 Å². The number of ether oxygens (including phenoxy) is 4. The summed E-state index contributed by atoms with van der Waals surface area (Å²) in [5.74, 6) is 1.55. The van der Waals surface area contributed by atoms with E-state index in [-0.39, 0.29) is 6.10 Å². The number of hydrogen-bond acceptors (Lipinski definition) is 6. The van der Waals surface area contributed by atoms with E-state index in [9.17, 15) is 4.79 Å². The van der Waals surface area contributed by atoms with Crippen LogP contribution in [0.25, 0.3) is 0 Å². The molecule has 0 amide bonds. The molecule has 0 fully saturated rings. The van der Waals surface area contributed by atoms with Gasteiger partial charge in [-0.2, -0.15) is 0 Å². The third-order valence-corrected chi connectivity index (χ3v) is 6.01. The summed E-state index contributed by atoms with van der Waals surface area (Å²) in [6, 6.07) is 17.9. The molecule has 4 rings (SSSR count). The minimum Gasteiger partial charge on any atom is -0.489 e. The highest BCUT2D eigenvalue weighted by Gasteiger charge is 2.24. The van der Waals surface area contributed by atoms with E-state index in [1.807, 2.05) is 48.5 Å². The Hall–Kier alpha value is -2.93. The van der Waals surface area contributed by atoms with Crippen molar-refractivity contribution in [1.82, 2.24) is 0 Å². The summed E-state index contributed by atoms with van der Waals surface area (Å²) in [4.78, 5) is 11.5. The van der Waals surface area contributed by atoms with Crippen molar-refractivity contribution in [2.45, 2.75) is 25.2 Å². The van der Waals surface area contributed by atoms with Crippen molar-refractivity contribution in [2.75, 3.05) is 13.7 Å². The molecule has 8 heteroatoms. The number of rotatable bonds is 7. The summed E-state index contributed by atoms with van der Waals surface area (Å²) < 4.78 is 22.6. The maximum Gasteiger partial charge on any atom is 0.322 e. The maximum atomic E-state index is 11.5. The number of carbonyl (C=O) groups excluding carboxylic acids is 1. The van der Waals surface area contributed by atoms with Crippen LogP contribution in [0.1, 0.15) is 22.8 Å². The third-order valence-electron chi connectivity index (χ3n) is 5.27. The van der Waals surface area contributed by atoms with Crippen LogP contribution < -0.4 is 19.9 Å². The second-order valence-corrected chi connectivity index (χ2v) is 8.45. The average molecular weight is 488 g/mol. The molecule has 0 aliphatic carbocycles. The first kappa shape index (κ1) is 23.2. The Balaban J connectivity index is 1.36. The van der Waals surface area contributed by atoms with E-state index in [0.717, 1.165) is 22.4 Å². The second-order valence-electron chi connectivity index (χ2n) is 7.64. The Morgan fingerprint density at radius 1 is 1.03 bits per heavy atom. The molecule has 172 valence electrons. The molecule has 1 aliphatic heterocycles. The van der Waals surface area contributed by atoms with Crippen molar-refractivity contribution in [3.05, 3.63) is 87.4 Å². The highest BCUT2D eigenvalue weighted by Crippen LogP contribution is 2.37. The van der Waals surface area contributed by atoms with E-state index in [2.05, 4.69) is 4.74 Å². The molecule has 1 heterocycles. The quantitative estimate of drug-likeness (QED) is 0.465. The summed E-state index contributed by atoms with van der Waals surface area (Å²) >= 11 is 12.0. The predicted molar refractivity (Wildman–Crippen MR) is 126 cm³/mol. The lowest BCUT2D eigenvalue weighted by atomic mass is 10.0. The van der Waals surface area contributed by atoms with Gasteiger partial charge in [-0.05, 0) is 59.5 Å². The number of esters is 1. The molecule has 3 aromatic carbocycles. The van der Waals surface area contributed by atoms with Crippen LogP contribution >= 0.6 is 23.2 Å². The summed E-state index contributed by atoms with van der Waals surface area (Å²) in [7, 11) is 1.32. The molecule has 2 atom stereocenters. The molecule has 0 bridgehead atoms. The molecule has 0 saturated carbocycles. The number of benzene rings is 3. The van der Waals surface area contributed by atoms with E-state index in [0.29, 0.717) is 41.2 Å². The van der Waals surface area contributed by atoms with Crippen molar-refractivity contribution in [3.8, 4) is 17.2 Å². The lowest BCUT2D eigenvalue weighted by Crippen LogP contribution is -2.33. The van der Waals surface area contributed by atoms with Crippen molar-refractivity contribution in [2.24, 2.45) is 5.73 Å². The molecule has 0 saturated heterocycles. The van der Waals surface area contributed by atoms with E-state index >= 15 is 0 Å². The van der Waals surface area contributed by atoms with Crippen LogP contribution in [-0.4, -0.2) is 25.7 Å². The first-order valence-electron chi connectivity index (χ1n) is 10.4. The fourth-order valence-corrected chi connectivity index (χ4v) is 3.79. The van der Waals surface area contributed by atoms with Crippen LogP contribution in [0.5, 0.6) is 17.2 Å². The van der Waals surface area contributed by atoms with Crippen LogP contribution in [0.4, 0.5) is 0 Å². The van der Waals surface area contributed by atoms with Crippen molar-refractivity contribution < 1.29 is 23.7 Å². The number of nitrogens with two attached hydrogens (primary N) is 1. The van der Waals surface area contributed by atoms with Crippen LogP contribution in [-0.2, 0) is 22.6 Å². The van der Waals surface area contributed by atoms with Crippen LogP contribution in [0.3, 0.4) is 0 Å². The fourth-order valence-electron chi connectivity index (χ4n) is 3.47. The monoisotopic (exact) mass is 487 g/mol. The summed E-state index contributed by atoms with van der Waals surface area (Å²) in [5, 5.41) is 1.02. The average Bonchev–Trinajstić information content (AvgIpc) is 2.84. The van der Waals surface area contributed by atoms with E-state index in [1.165, 1.54) is 7.11 Å². The number of methoxy groups -OCH3 is 1. The zero-order valence-corrected chi connectivity index (χ0v) is 19.4. The number of carbonyl (C=O) groups is 1. The largest absolute Gasteiger partial charge is 0.489 e. The lowest BCUT2D eigenvalue weighted by molar-refractivity contribution is -0.142. The first-order chi connectivity index (χ1) is 15.9. The highest BCUT2D eigenvalue weighted by molar-refractivity contribution is 6.42. The Morgan fingerprint density at radius 2 is 1.79 bits per heavy atom. The topological polar surface area (TPSA) is 80.0 Å². The Labute approximate surface area is 202 Å². The fraction of sp³-hybridized carbons (Fsp3) is 0.240. The minimum atomic E-state index is -0.720. The van der Waals surface area contributed by atoms with Crippen molar-refractivity contribution in [3.63, 3.8) is 0 Å². The zero-order valence-electron chi connectivity index (χ0n) is 17.9. The molecular weight excluding hydrogens is 465 g/mol. The maximum absolute atomic E-state index is 11.5. The van der Waals surface area contributed by atoms with Gasteiger partial charge in [0.2, 0.25) is 0 Å². The molecule has 0 radical (unpaired) electrons. The predicted octanol–water partition coefficient (Wildman–Crippen LogP) is 5.13. The van der Waals surface area contributed by atoms with Gasteiger partial charge in [-0.3, -0.25) is 4.79 Å². The normalized spacial score (nSPS) is 15.6. The van der Waals surface area contributed by atoms with E-state index in [1.54, 1.807) is 12.1 Å².